The Hall–Kier alpha value is -2.36. The highest BCUT2D eigenvalue weighted by atomic mass is 16.2. The van der Waals surface area contributed by atoms with Crippen LogP contribution in [0.3, 0.4) is 0 Å². The van der Waals surface area contributed by atoms with Gasteiger partial charge in [0.05, 0.1) is 11.4 Å². The lowest BCUT2D eigenvalue weighted by Crippen LogP contribution is -2.35. The normalized spacial score (nSPS) is 9.89. The summed E-state index contributed by atoms with van der Waals surface area (Å²) in [5.74, 6) is 0. The summed E-state index contributed by atoms with van der Waals surface area (Å²) in [6, 6.07) is 13.1. The fourth-order valence-electron chi connectivity index (χ4n) is 1.64. The zero-order valence-corrected chi connectivity index (χ0v) is 10.4. The molecule has 0 saturated carbocycles. The minimum absolute atomic E-state index is 0.0904. The number of rotatable bonds is 2. The maximum absolute atomic E-state index is 12.3. The fourth-order valence-corrected chi connectivity index (χ4v) is 1.64. The molecule has 0 bridgehead atoms. The summed E-state index contributed by atoms with van der Waals surface area (Å²) in [4.78, 5) is 19.5. The van der Waals surface area contributed by atoms with Crippen LogP contribution in [0.1, 0.15) is 0 Å². The number of pyridine rings is 1. The summed E-state index contributed by atoms with van der Waals surface area (Å²) >= 11 is 0. The number of anilines is 2. The van der Waals surface area contributed by atoms with Crippen molar-refractivity contribution in [1.82, 2.24) is 9.88 Å². The van der Waals surface area contributed by atoms with E-state index in [1.165, 1.54) is 0 Å². The molecule has 0 spiro atoms. The molecule has 0 atom stereocenters. The summed E-state index contributed by atoms with van der Waals surface area (Å²) < 4.78 is 0. The van der Waals surface area contributed by atoms with E-state index in [0.29, 0.717) is 0 Å². The maximum atomic E-state index is 12.3. The first-order valence-corrected chi connectivity index (χ1v) is 5.66. The summed E-state index contributed by atoms with van der Waals surface area (Å²) in [6.45, 7) is 0. The van der Waals surface area contributed by atoms with Crippen molar-refractivity contribution < 1.29 is 4.79 Å². The van der Waals surface area contributed by atoms with E-state index in [9.17, 15) is 4.79 Å². The van der Waals surface area contributed by atoms with Gasteiger partial charge in [-0.1, -0.05) is 18.2 Å². The van der Waals surface area contributed by atoms with Crippen molar-refractivity contribution in [2.75, 3.05) is 19.0 Å². The highest BCUT2D eigenvalue weighted by Crippen LogP contribution is 2.25. The van der Waals surface area contributed by atoms with E-state index in [4.69, 9.17) is 0 Å². The van der Waals surface area contributed by atoms with Crippen LogP contribution in [0.2, 0.25) is 0 Å². The van der Waals surface area contributed by atoms with Crippen LogP contribution in [0.5, 0.6) is 0 Å². The lowest BCUT2D eigenvalue weighted by Gasteiger charge is -2.26. The Labute approximate surface area is 106 Å². The van der Waals surface area contributed by atoms with E-state index < -0.39 is 0 Å². The first kappa shape index (κ1) is 12.1. The van der Waals surface area contributed by atoms with E-state index >= 15 is 0 Å². The van der Waals surface area contributed by atoms with Crippen LogP contribution < -0.4 is 4.90 Å². The summed E-state index contributed by atoms with van der Waals surface area (Å²) in [5.41, 5.74) is 1.64. The van der Waals surface area contributed by atoms with Crippen molar-refractivity contribution >= 4 is 17.4 Å². The number of nitrogens with zero attached hydrogens (tertiary/aromatic N) is 3. The van der Waals surface area contributed by atoms with Gasteiger partial charge in [0.1, 0.15) is 0 Å². The molecule has 2 aromatic rings. The predicted molar refractivity (Wildman–Crippen MR) is 71.9 cm³/mol. The van der Waals surface area contributed by atoms with Crippen LogP contribution in [0.25, 0.3) is 0 Å². The highest BCUT2D eigenvalue weighted by Gasteiger charge is 2.18. The molecule has 92 valence electrons. The molecule has 1 aromatic heterocycles. The average Bonchev–Trinajstić information content (AvgIpc) is 2.41. The molecule has 0 unspecified atom stereocenters. The summed E-state index contributed by atoms with van der Waals surface area (Å²) in [5, 5.41) is 0. The third kappa shape index (κ3) is 2.48. The van der Waals surface area contributed by atoms with Crippen LogP contribution in [-0.4, -0.2) is 30.0 Å². The Bertz CT molecular complexity index is 472. The lowest BCUT2D eigenvalue weighted by atomic mass is 10.2. The molecule has 0 aliphatic carbocycles. The van der Waals surface area contributed by atoms with Crippen LogP contribution in [0.4, 0.5) is 16.2 Å². The lowest BCUT2D eigenvalue weighted by molar-refractivity contribution is 0.226. The van der Waals surface area contributed by atoms with Gasteiger partial charge in [-0.25, -0.2) is 4.79 Å². The van der Waals surface area contributed by atoms with E-state index in [-0.39, 0.29) is 6.03 Å². The molecule has 18 heavy (non-hydrogen) atoms. The Balaban J connectivity index is 2.45. The van der Waals surface area contributed by atoms with Gasteiger partial charge in [0.25, 0.3) is 0 Å². The molecule has 0 N–H and O–H groups in total. The van der Waals surface area contributed by atoms with Gasteiger partial charge >= 0.3 is 6.03 Å². The Morgan fingerprint density at radius 3 is 2.06 bits per heavy atom. The number of aromatic nitrogens is 1. The summed E-state index contributed by atoms with van der Waals surface area (Å²) in [6.07, 6.45) is 3.35. The molecular formula is C14H15N3O. The van der Waals surface area contributed by atoms with Gasteiger partial charge in [-0.3, -0.25) is 9.88 Å². The van der Waals surface area contributed by atoms with Crippen LogP contribution in [0.15, 0.2) is 54.9 Å². The molecule has 0 aliphatic rings. The number of carbonyl (C=O) groups excluding carboxylic acids is 1. The fraction of sp³-hybridized carbons (Fsp3) is 0.143. The van der Waals surface area contributed by atoms with Crippen molar-refractivity contribution in [1.29, 1.82) is 0 Å². The zero-order valence-electron chi connectivity index (χ0n) is 10.4. The van der Waals surface area contributed by atoms with E-state index in [1.54, 1.807) is 36.3 Å². The molecule has 4 heteroatoms. The second-order valence-corrected chi connectivity index (χ2v) is 4.05. The van der Waals surface area contributed by atoms with Crippen LogP contribution in [0, 0.1) is 0 Å². The monoisotopic (exact) mass is 241 g/mol. The predicted octanol–water partition coefficient (Wildman–Crippen LogP) is 2.90. The standard InChI is InChI=1S/C14H15N3O/c1-16(2)14(18)17(12-6-4-3-5-7-12)13-8-10-15-11-9-13/h3-11H,1-2H3. The number of benzene rings is 1. The van der Waals surface area contributed by atoms with Gasteiger partial charge in [0, 0.05) is 26.5 Å². The smallest absolute Gasteiger partial charge is 0.328 e. The Morgan fingerprint density at radius 1 is 0.944 bits per heavy atom. The molecule has 0 radical (unpaired) electrons. The van der Waals surface area contributed by atoms with Gasteiger partial charge in [-0.15, -0.1) is 0 Å². The molecule has 1 heterocycles. The number of hydrogen-bond donors (Lipinski definition) is 0. The summed E-state index contributed by atoms with van der Waals surface area (Å²) in [7, 11) is 3.47. The average molecular weight is 241 g/mol. The number of hydrogen-bond acceptors (Lipinski definition) is 2. The van der Waals surface area contributed by atoms with Gasteiger partial charge in [0.2, 0.25) is 0 Å². The van der Waals surface area contributed by atoms with Crippen LogP contribution in [-0.2, 0) is 0 Å². The molecular weight excluding hydrogens is 226 g/mol. The first-order valence-electron chi connectivity index (χ1n) is 5.66. The largest absolute Gasteiger partial charge is 0.330 e. The number of para-hydroxylation sites is 1. The van der Waals surface area contributed by atoms with Crippen molar-refractivity contribution in [3.05, 3.63) is 54.9 Å². The molecule has 0 fully saturated rings. The van der Waals surface area contributed by atoms with Crippen molar-refractivity contribution in [2.45, 2.75) is 0 Å². The molecule has 0 aliphatic heterocycles. The molecule has 4 nitrogen and oxygen atoms in total. The minimum atomic E-state index is -0.0904. The second kappa shape index (κ2) is 5.31. The Kier molecular flexibility index (Phi) is 3.57. The van der Waals surface area contributed by atoms with Gasteiger partial charge in [-0.2, -0.15) is 0 Å². The molecule has 1 aromatic carbocycles. The number of urea groups is 1. The molecule has 2 rings (SSSR count). The maximum Gasteiger partial charge on any atom is 0.328 e. The van der Waals surface area contributed by atoms with Gasteiger partial charge in [0.15, 0.2) is 0 Å². The minimum Gasteiger partial charge on any atom is -0.330 e. The zero-order chi connectivity index (χ0) is 13.0. The second-order valence-electron chi connectivity index (χ2n) is 4.05. The molecule has 0 saturated heterocycles. The van der Waals surface area contributed by atoms with Gasteiger partial charge in [-0.05, 0) is 24.3 Å². The molecule has 2 amide bonds. The van der Waals surface area contributed by atoms with Gasteiger partial charge < -0.3 is 4.90 Å². The van der Waals surface area contributed by atoms with Crippen molar-refractivity contribution in [3.8, 4) is 0 Å². The van der Waals surface area contributed by atoms with E-state index in [2.05, 4.69) is 4.98 Å². The third-order valence-electron chi connectivity index (χ3n) is 2.51. The van der Waals surface area contributed by atoms with E-state index in [1.807, 2.05) is 42.5 Å². The number of amides is 2. The Morgan fingerprint density at radius 2 is 1.50 bits per heavy atom. The third-order valence-corrected chi connectivity index (χ3v) is 2.51. The topological polar surface area (TPSA) is 36.4 Å². The quantitative estimate of drug-likeness (QED) is 0.810. The van der Waals surface area contributed by atoms with E-state index in [0.717, 1.165) is 11.4 Å². The highest BCUT2D eigenvalue weighted by molar-refractivity contribution is 5.99. The SMILES string of the molecule is CN(C)C(=O)N(c1ccccc1)c1ccncc1. The number of carbonyl (C=O) groups is 1. The first-order chi connectivity index (χ1) is 8.70. The van der Waals surface area contributed by atoms with Crippen LogP contribution >= 0.6 is 0 Å². The van der Waals surface area contributed by atoms with Crippen molar-refractivity contribution in [2.24, 2.45) is 0 Å². The van der Waals surface area contributed by atoms with Crippen molar-refractivity contribution in [3.63, 3.8) is 0 Å².